The van der Waals surface area contributed by atoms with Gasteiger partial charge in [0, 0.05) is 30.5 Å². The second-order valence-corrected chi connectivity index (χ2v) is 7.20. The van der Waals surface area contributed by atoms with Crippen molar-refractivity contribution in [1.29, 1.82) is 0 Å². The van der Waals surface area contributed by atoms with E-state index in [9.17, 15) is 0 Å². The van der Waals surface area contributed by atoms with Crippen LogP contribution in [-0.4, -0.2) is 16.5 Å². The van der Waals surface area contributed by atoms with Crippen LogP contribution in [0.3, 0.4) is 0 Å². The lowest BCUT2D eigenvalue weighted by Crippen LogP contribution is -2.31. The summed E-state index contributed by atoms with van der Waals surface area (Å²) in [5.74, 6) is 1.48. The van der Waals surface area contributed by atoms with Crippen LogP contribution in [-0.2, 0) is 13.0 Å². The van der Waals surface area contributed by atoms with Gasteiger partial charge in [-0.05, 0) is 42.7 Å². The molecule has 3 aromatic rings. The maximum absolute atomic E-state index is 6.09. The molecule has 1 N–H and O–H groups in total. The normalized spacial score (nSPS) is 13.4. The first-order valence-electron chi connectivity index (χ1n) is 8.48. The highest BCUT2D eigenvalue weighted by Crippen LogP contribution is 2.28. The number of fused-ring (bicyclic) bond motifs is 1. The molecule has 4 rings (SSSR count). The van der Waals surface area contributed by atoms with E-state index < -0.39 is 0 Å². The highest BCUT2D eigenvalue weighted by atomic mass is 35.5. The van der Waals surface area contributed by atoms with Crippen LogP contribution in [0.2, 0.25) is 10.0 Å². The number of anilines is 3. The first-order chi connectivity index (χ1) is 12.6. The summed E-state index contributed by atoms with van der Waals surface area (Å²) in [5, 5.41) is 4.24. The zero-order valence-corrected chi connectivity index (χ0v) is 15.8. The third kappa shape index (κ3) is 3.62. The second kappa shape index (κ2) is 7.14. The topological polar surface area (TPSA) is 41.1 Å². The summed E-state index contributed by atoms with van der Waals surface area (Å²) < 4.78 is 0. The van der Waals surface area contributed by atoms with Crippen LogP contribution in [0.5, 0.6) is 0 Å². The molecule has 0 saturated carbocycles. The van der Waals surface area contributed by atoms with Crippen molar-refractivity contribution >= 4 is 40.7 Å². The number of aryl methyl sites for hydroxylation is 1. The molecule has 6 heteroatoms. The van der Waals surface area contributed by atoms with Gasteiger partial charge in [0.1, 0.15) is 5.82 Å². The minimum Gasteiger partial charge on any atom is -0.352 e. The van der Waals surface area contributed by atoms with Crippen LogP contribution in [0.25, 0.3) is 0 Å². The molecule has 0 atom stereocenters. The fourth-order valence-corrected chi connectivity index (χ4v) is 3.46. The van der Waals surface area contributed by atoms with Gasteiger partial charge < -0.3 is 10.2 Å². The number of nitrogens with one attached hydrogen (secondary N) is 1. The molecular formula is C20H18Cl2N4. The molecule has 0 saturated heterocycles. The van der Waals surface area contributed by atoms with Gasteiger partial charge in [-0.15, -0.1) is 0 Å². The van der Waals surface area contributed by atoms with Gasteiger partial charge in [0.05, 0.1) is 10.0 Å². The zero-order valence-electron chi connectivity index (χ0n) is 14.3. The van der Waals surface area contributed by atoms with E-state index in [4.69, 9.17) is 28.2 Å². The minimum atomic E-state index is 0.497. The lowest BCUT2D eigenvalue weighted by molar-refractivity contribution is 0.719. The fourth-order valence-electron chi connectivity index (χ4n) is 3.16. The van der Waals surface area contributed by atoms with E-state index in [1.807, 2.05) is 19.1 Å². The van der Waals surface area contributed by atoms with Crippen LogP contribution in [0.1, 0.15) is 16.8 Å². The Morgan fingerprint density at radius 2 is 1.77 bits per heavy atom. The number of hydrogen-bond donors (Lipinski definition) is 1. The van der Waals surface area contributed by atoms with Gasteiger partial charge in [-0.2, -0.15) is 4.98 Å². The van der Waals surface area contributed by atoms with Crippen molar-refractivity contribution in [3.63, 3.8) is 0 Å². The summed E-state index contributed by atoms with van der Waals surface area (Å²) >= 11 is 12.1. The van der Waals surface area contributed by atoms with Gasteiger partial charge >= 0.3 is 0 Å². The molecule has 0 fully saturated rings. The first kappa shape index (κ1) is 17.1. The molecule has 1 aromatic heterocycles. The summed E-state index contributed by atoms with van der Waals surface area (Å²) in [4.78, 5) is 11.5. The van der Waals surface area contributed by atoms with Gasteiger partial charge in [-0.3, -0.25) is 0 Å². The third-order valence-electron chi connectivity index (χ3n) is 4.47. The van der Waals surface area contributed by atoms with Crippen molar-refractivity contribution < 1.29 is 0 Å². The van der Waals surface area contributed by atoms with Crippen LogP contribution >= 0.6 is 23.2 Å². The monoisotopic (exact) mass is 384 g/mol. The smallest absolute Gasteiger partial charge is 0.229 e. The van der Waals surface area contributed by atoms with Crippen molar-refractivity contribution in [2.45, 2.75) is 19.9 Å². The maximum Gasteiger partial charge on any atom is 0.229 e. The summed E-state index contributed by atoms with van der Waals surface area (Å²) in [6.45, 7) is 3.78. The number of aromatic nitrogens is 2. The quantitative estimate of drug-likeness (QED) is 0.656. The Hall–Kier alpha value is -2.30. The van der Waals surface area contributed by atoms with E-state index in [1.54, 1.807) is 12.1 Å². The molecule has 132 valence electrons. The number of halogens is 2. The van der Waals surface area contributed by atoms with Crippen molar-refractivity contribution in [1.82, 2.24) is 9.97 Å². The Labute approximate surface area is 162 Å². The number of benzene rings is 2. The maximum atomic E-state index is 6.09. The lowest BCUT2D eigenvalue weighted by atomic mass is 10.00. The molecule has 0 amide bonds. The number of hydrogen-bond acceptors (Lipinski definition) is 4. The SMILES string of the molecule is Cc1cc(N2CCc3ccccc3C2)nc(Nc2ccc(Cl)c(Cl)c2)n1. The van der Waals surface area contributed by atoms with E-state index in [-0.39, 0.29) is 0 Å². The molecular weight excluding hydrogens is 367 g/mol. The van der Waals surface area contributed by atoms with Crippen LogP contribution in [0, 0.1) is 6.92 Å². The van der Waals surface area contributed by atoms with E-state index in [2.05, 4.69) is 39.5 Å². The summed E-state index contributed by atoms with van der Waals surface area (Å²) in [6, 6.07) is 16.0. The van der Waals surface area contributed by atoms with Crippen molar-refractivity contribution in [3.8, 4) is 0 Å². The van der Waals surface area contributed by atoms with Crippen LogP contribution in [0.15, 0.2) is 48.5 Å². The number of nitrogens with zero attached hydrogens (tertiary/aromatic N) is 3. The molecule has 0 bridgehead atoms. The second-order valence-electron chi connectivity index (χ2n) is 6.39. The molecule has 0 unspecified atom stereocenters. The summed E-state index contributed by atoms with van der Waals surface area (Å²) in [7, 11) is 0. The zero-order chi connectivity index (χ0) is 18.1. The largest absolute Gasteiger partial charge is 0.352 e. The molecule has 1 aliphatic heterocycles. The Morgan fingerprint density at radius 3 is 2.58 bits per heavy atom. The first-order valence-corrected chi connectivity index (χ1v) is 9.23. The molecule has 0 aliphatic carbocycles. The van der Waals surface area contributed by atoms with Gasteiger partial charge in [-0.25, -0.2) is 4.98 Å². The van der Waals surface area contributed by atoms with Gasteiger partial charge in [-0.1, -0.05) is 47.5 Å². The van der Waals surface area contributed by atoms with E-state index in [0.717, 1.165) is 36.7 Å². The Balaban J connectivity index is 1.59. The Morgan fingerprint density at radius 1 is 0.962 bits per heavy atom. The molecule has 0 spiro atoms. The van der Waals surface area contributed by atoms with E-state index in [1.165, 1.54) is 11.1 Å². The number of rotatable bonds is 3. The van der Waals surface area contributed by atoms with Gasteiger partial charge in [0.2, 0.25) is 5.95 Å². The predicted molar refractivity (Wildman–Crippen MR) is 108 cm³/mol. The predicted octanol–water partition coefficient (Wildman–Crippen LogP) is 5.40. The fraction of sp³-hybridized carbons (Fsp3) is 0.200. The third-order valence-corrected chi connectivity index (χ3v) is 5.21. The Bertz CT molecular complexity index is 958. The van der Waals surface area contributed by atoms with Gasteiger partial charge in [0.15, 0.2) is 0 Å². The van der Waals surface area contributed by atoms with Crippen LogP contribution < -0.4 is 10.2 Å². The van der Waals surface area contributed by atoms with E-state index >= 15 is 0 Å². The molecule has 1 aliphatic rings. The summed E-state index contributed by atoms with van der Waals surface area (Å²) in [6.07, 6.45) is 1.02. The molecule has 26 heavy (non-hydrogen) atoms. The Kier molecular flexibility index (Phi) is 4.70. The van der Waals surface area contributed by atoms with Crippen molar-refractivity contribution in [2.24, 2.45) is 0 Å². The average Bonchev–Trinajstić information content (AvgIpc) is 2.64. The summed E-state index contributed by atoms with van der Waals surface area (Å²) in [5.41, 5.74) is 4.49. The lowest BCUT2D eigenvalue weighted by Gasteiger charge is -2.30. The molecule has 0 radical (unpaired) electrons. The minimum absolute atomic E-state index is 0.497. The highest BCUT2D eigenvalue weighted by molar-refractivity contribution is 6.42. The van der Waals surface area contributed by atoms with Gasteiger partial charge in [0.25, 0.3) is 0 Å². The average molecular weight is 385 g/mol. The highest BCUT2D eigenvalue weighted by Gasteiger charge is 2.18. The van der Waals surface area contributed by atoms with E-state index in [0.29, 0.717) is 16.0 Å². The molecule has 2 aromatic carbocycles. The standard InChI is InChI=1S/C20H18Cl2N4/c1-13-10-19(26-9-8-14-4-2-3-5-15(14)12-26)25-20(23-13)24-16-6-7-17(21)18(22)11-16/h2-7,10-11H,8-9,12H2,1H3,(H,23,24,25). The molecule has 4 nitrogen and oxygen atoms in total. The van der Waals surface area contributed by atoms with Crippen LogP contribution in [0.4, 0.5) is 17.5 Å². The van der Waals surface area contributed by atoms with Crippen molar-refractivity contribution in [3.05, 3.63) is 75.4 Å². The molecule has 2 heterocycles. The van der Waals surface area contributed by atoms with Crippen molar-refractivity contribution in [2.75, 3.05) is 16.8 Å².